The van der Waals surface area contributed by atoms with E-state index in [0.717, 1.165) is 60.7 Å². The molecule has 5 aliphatic rings. The molecule has 33 heavy (non-hydrogen) atoms. The average molecular weight is 510 g/mol. The van der Waals surface area contributed by atoms with Gasteiger partial charge in [-0.25, -0.2) is 0 Å². The Labute approximate surface area is 204 Å². The number of fused-ring (bicyclic) bond motifs is 6. The van der Waals surface area contributed by atoms with Crippen LogP contribution in [0, 0.1) is 28.6 Å². The molecule has 6 heteroatoms. The van der Waals surface area contributed by atoms with Gasteiger partial charge in [0.25, 0.3) is 5.91 Å². The van der Waals surface area contributed by atoms with E-state index in [1.807, 2.05) is 18.2 Å². The lowest BCUT2D eigenvalue weighted by Gasteiger charge is -2.57. The number of carbonyl (C=O) groups excluding carboxylic acids is 1. The summed E-state index contributed by atoms with van der Waals surface area (Å²) < 4.78 is 0.928. The van der Waals surface area contributed by atoms with E-state index in [1.54, 1.807) is 0 Å². The lowest BCUT2D eigenvalue weighted by atomic mass is 9.48. The number of carbonyl (C=O) groups is 1. The molecule has 1 amide bonds. The number of hydrogen-bond donors (Lipinski definition) is 2. The van der Waals surface area contributed by atoms with Gasteiger partial charge in [0, 0.05) is 21.2 Å². The molecule has 3 saturated carbocycles. The highest BCUT2D eigenvalue weighted by atomic mass is 79.9. The maximum Gasteiger partial charge on any atom is 0.276 e. The Bertz CT molecular complexity index is 1120. The van der Waals surface area contributed by atoms with Gasteiger partial charge in [0.1, 0.15) is 0 Å². The van der Waals surface area contributed by atoms with Crippen LogP contribution in [0.3, 0.4) is 0 Å². The second kappa shape index (κ2) is 7.61. The molecule has 174 valence electrons. The highest BCUT2D eigenvalue weighted by Gasteiger charge is 2.57. The predicted octanol–water partition coefficient (Wildman–Crippen LogP) is 5.87. The fraction of sp³-hybridized carbons (Fsp3) is 0.593. The minimum Gasteiger partial charge on any atom is -0.393 e. The second-order valence-electron chi connectivity index (χ2n) is 11.3. The van der Waals surface area contributed by atoms with Crippen LogP contribution < -0.4 is 5.32 Å². The Kier molecular flexibility index (Phi) is 5.01. The van der Waals surface area contributed by atoms with Crippen LogP contribution in [0.15, 0.2) is 44.5 Å². The monoisotopic (exact) mass is 509 g/mol. The number of amides is 1. The Hall–Kier alpha value is -1.79. The van der Waals surface area contributed by atoms with Gasteiger partial charge in [-0.3, -0.25) is 4.79 Å². The van der Waals surface area contributed by atoms with Gasteiger partial charge in [-0.2, -0.15) is 5.10 Å². The number of aliphatic hydroxyl groups is 1. The van der Waals surface area contributed by atoms with Gasteiger partial charge < -0.3 is 10.4 Å². The largest absolute Gasteiger partial charge is 0.393 e. The molecule has 0 saturated heterocycles. The first-order valence-corrected chi connectivity index (χ1v) is 13.2. The number of nitrogens with one attached hydrogen (secondary N) is 1. The van der Waals surface area contributed by atoms with Crippen LogP contribution >= 0.6 is 15.9 Å². The Balaban J connectivity index is 1.30. The Morgan fingerprint density at radius 3 is 2.73 bits per heavy atom. The summed E-state index contributed by atoms with van der Waals surface area (Å²) in [4.78, 5) is 12.5. The first-order valence-electron chi connectivity index (χ1n) is 12.4. The van der Waals surface area contributed by atoms with Crippen LogP contribution in [-0.4, -0.2) is 28.5 Å². The molecule has 1 aromatic carbocycles. The predicted molar refractivity (Wildman–Crippen MR) is 134 cm³/mol. The van der Waals surface area contributed by atoms with Crippen molar-refractivity contribution in [2.75, 3.05) is 5.32 Å². The zero-order chi connectivity index (χ0) is 23.0. The summed E-state index contributed by atoms with van der Waals surface area (Å²) in [6.45, 7) is 4.86. The van der Waals surface area contributed by atoms with Crippen LogP contribution in [0.2, 0.25) is 0 Å². The second-order valence-corrected chi connectivity index (χ2v) is 12.2. The van der Waals surface area contributed by atoms with Crippen molar-refractivity contribution < 1.29 is 9.90 Å². The Morgan fingerprint density at radius 1 is 1.09 bits per heavy atom. The summed E-state index contributed by atoms with van der Waals surface area (Å²) >= 11 is 3.50. The smallest absolute Gasteiger partial charge is 0.276 e. The van der Waals surface area contributed by atoms with Gasteiger partial charge in [0.15, 0.2) is 5.71 Å². The third-order valence-electron chi connectivity index (χ3n) is 9.79. The van der Waals surface area contributed by atoms with Crippen LogP contribution in [0.25, 0.3) is 0 Å². The number of rotatable bonds is 1. The zero-order valence-corrected chi connectivity index (χ0v) is 21.0. The molecule has 0 radical (unpaired) electrons. The standard InChI is InChI=1S/C27H32BrN3O2/c1-26-11-9-17(32)13-15(26)3-5-18-20-6-8-23(27(20,2)12-10-21(18)26)30-31-24-19-14-16(28)4-7-22(19)29-25(24)33/h3-4,7,14,17-18,20-21,32H,5-6,8-13H2,1-2H3,(H,29,31,33)/b30-23+/t17-,18-,20-,21-,26-,27-/m0/s1. The fourth-order valence-electron chi connectivity index (χ4n) is 7.93. The Morgan fingerprint density at radius 2 is 1.88 bits per heavy atom. The molecule has 2 N–H and O–H groups in total. The molecule has 6 rings (SSSR count). The normalized spacial score (nSPS) is 41.8. The average Bonchev–Trinajstić information content (AvgIpc) is 3.28. The van der Waals surface area contributed by atoms with Crippen LogP contribution in [-0.2, 0) is 4.79 Å². The van der Waals surface area contributed by atoms with Crippen LogP contribution in [0.4, 0.5) is 5.69 Å². The van der Waals surface area contributed by atoms with E-state index < -0.39 is 0 Å². The number of hydrogen-bond acceptors (Lipinski definition) is 4. The van der Waals surface area contributed by atoms with Crippen LogP contribution in [0.1, 0.15) is 70.8 Å². The summed E-state index contributed by atoms with van der Waals surface area (Å²) in [5, 5.41) is 22.4. The first kappa shape index (κ1) is 21.7. The van der Waals surface area contributed by atoms with E-state index in [2.05, 4.69) is 46.3 Å². The van der Waals surface area contributed by atoms with Gasteiger partial charge >= 0.3 is 0 Å². The van der Waals surface area contributed by atoms with Crippen molar-refractivity contribution in [3.63, 3.8) is 0 Å². The summed E-state index contributed by atoms with van der Waals surface area (Å²) in [6, 6.07) is 5.76. The molecule has 0 aromatic heterocycles. The molecule has 5 nitrogen and oxygen atoms in total. The molecule has 1 aliphatic heterocycles. The third-order valence-corrected chi connectivity index (χ3v) is 10.3. The van der Waals surface area contributed by atoms with Crippen molar-refractivity contribution in [3.05, 3.63) is 39.9 Å². The van der Waals surface area contributed by atoms with Crippen molar-refractivity contribution in [3.8, 4) is 0 Å². The quantitative estimate of drug-likeness (QED) is 0.366. The van der Waals surface area contributed by atoms with Crippen molar-refractivity contribution in [2.24, 2.45) is 38.8 Å². The number of halogens is 1. The van der Waals surface area contributed by atoms with Gasteiger partial charge in [-0.05, 0) is 92.7 Å². The van der Waals surface area contributed by atoms with Gasteiger partial charge in [0.05, 0.1) is 11.8 Å². The number of benzene rings is 1. The molecule has 4 aliphatic carbocycles. The van der Waals surface area contributed by atoms with Crippen molar-refractivity contribution in [2.45, 2.75) is 71.3 Å². The summed E-state index contributed by atoms with van der Waals surface area (Å²) in [5.41, 5.74) is 5.04. The lowest BCUT2D eigenvalue weighted by molar-refractivity contribution is -0.110. The summed E-state index contributed by atoms with van der Waals surface area (Å²) in [7, 11) is 0. The van der Waals surface area contributed by atoms with Crippen LogP contribution in [0.5, 0.6) is 0 Å². The highest BCUT2D eigenvalue weighted by Crippen LogP contribution is 2.64. The van der Waals surface area contributed by atoms with E-state index in [9.17, 15) is 9.90 Å². The molecule has 1 aromatic rings. The molecule has 3 fully saturated rings. The molecule has 6 atom stereocenters. The molecule has 1 heterocycles. The molecule has 0 bridgehead atoms. The van der Waals surface area contributed by atoms with Gasteiger partial charge in [0.2, 0.25) is 0 Å². The van der Waals surface area contributed by atoms with Gasteiger partial charge in [-0.1, -0.05) is 41.4 Å². The summed E-state index contributed by atoms with van der Waals surface area (Å²) in [6.07, 6.45) is 10.9. The highest BCUT2D eigenvalue weighted by molar-refractivity contribution is 9.10. The SMILES string of the molecule is C[C@]12CC[C@H](O)CC1=CC[C@@H]1[C@@H]2CC[C@]2(C)/C(=N/N=C3\C(=O)Nc4ccc(Br)cc43)CC[C@@H]12. The lowest BCUT2D eigenvalue weighted by Crippen LogP contribution is -2.50. The number of nitrogens with zero attached hydrogens (tertiary/aromatic N) is 2. The number of allylic oxidation sites excluding steroid dienone is 1. The minimum absolute atomic E-state index is 0.0658. The summed E-state index contributed by atoms with van der Waals surface area (Å²) in [5.74, 6) is 1.84. The van der Waals surface area contributed by atoms with E-state index in [-0.39, 0.29) is 22.8 Å². The van der Waals surface area contributed by atoms with E-state index in [4.69, 9.17) is 5.10 Å². The van der Waals surface area contributed by atoms with Crippen molar-refractivity contribution >= 4 is 38.9 Å². The van der Waals surface area contributed by atoms with Crippen molar-refractivity contribution in [1.29, 1.82) is 0 Å². The fourth-order valence-corrected chi connectivity index (χ4v) is 8.29. The van der Waals surface area contributed by atoms with Crippen molar-refractivity contribution in [1.82, 2.24) is 0 Å². The molecular formula is C27H32BrN3O2. The number of anilines is 1. The van der Waals surface area contributed by atoms with E-state index in [0.29, 0.717) is 23.5 Å². The number of aliphatic hydroxyl groups excluding tert-OH is 1. The minimum atomic E-state index is -0.173. The maximum atomic E-state index is 12.5. The first-order chi connectivity index (χ1) is 15.8. The third kappa shape index (κ3) is 3.23. The van der Waals surface area contributed by atoms with E-state index in [1.165, 1.54) is 17.7 Å². The molecule has 0 spiro atoms. The van der Waals surface area contributed by atoms with E-state index >= 15 is 0 Å². The molecule has 0 unspecified atom stereocenters. The topological polar surface area (TPSA) is 74.0 Å². The maximum absolute atomic E-state index is 12.5. The van der Waals surface area contributed by atoms with Gasteiger partial charge in [-0.15, -0.1) is 5.10 Å². The zero-order valence-electron chi connectivity index (χ0n) is 19.4. The molecular weight excluding hydrogens is 478 g/mol.